The van der Waals surface area contributed by atoms with E-state index in [1.54, 1.807) is 11.0 Å². The van der Waals surface area contributed by atoms with Crippen LogP contribution in [0.4, 0.5) is 0 Å². The van der Waals surface area contributed by atoms with E-state index in [9.17, 15) is 4.79 Å². The summed E-state index contributed by atoms with van der Waals surface area (Å²) >= 11 is 3.36. The SMILES string of the molecule is N#CC(=Cc1ccc(Br)cc1)C(=O)N1CCCCC1. The van der Waals surface area contributed by atoms with Crippen molar-refractivity contribution < 1.29 is 4.79 Å². The lowest BCUT2D eigenvalue weighted by Crippen LogP contribution is -2.36. The number of rotatable bonds is 2. The summed E-state index contributed by atoms with van der Waals surface area (Å²) in [6.07, 6.45) is 4.89. The Hall–Kier alpha value is -1.60. The van der Waals surface area contributed by atoms with Gasteiger partial charge in [-0.1, -0.05) is 28.1 Å². The first-order valence-corrected chi connectivity index (χ1v) is 7.16. The quantitative estimate of drug-likeness (QED) is 0.620. The molecule has 98 valence electrons. The van der Waals surface area contributed by atoms with Crippen molar-refractivity contribution >= 4 is 27.9 Å². The van der Waals surface area contributed by atoms with Gasteiger partial charge in [0.1, 0.15) is 11.6 Å². The molecule has 1 amide bonds. The predicted octanol–water partition coefficient (Wildman–Crippen LogP) is 3.37. The zero-order valence-electron chi connectivity index (χ0n) is 10.6. The van der Waals surface area contributed by atoms with Crippen LogP contribution in [0.15, 0.2) is 34.3 Å². The fourth-order valence-electron chi connectivity index (χ4n) is 2.13. The van der Waals surface area contributed by atoms with E-state index in [-0.39, 0.29) is 11.5 Å². The van der Waals surface area contributed by atoms with Crippen LogP contribution in [0.2, 0.25) is 0 Å². The third-order valence-corrected chi connectivity index (χ3v) is 3.70. The van der Waals surface area contributed by atoms with Gasteiger partial charge in [-0.05, 0) is 43.0 Å². The Kier molecular flexibility index (Phi) is 4.75. The Morgan fingerprint density at radius 2 is 1.84 bits per heavy atom. The Bertz CT molecular complexity index is 522. The summed E-state index contributed by atoms with van der Waals surface area (Å²) in [6.45, 7) is 1.52. The largest absolute Gasteiger partial charge is 0.338 e. The van der Waals surface area contributed by atoms with Crippen LogP contribution < -0.4 is 0 Å². The summed E-state index contributed by atoms with van der Waals surface area (Å²) in [5, 5.41) is 9.17. The molecule has 0 N–H and O–H groups in total. The lowest BCUT2D eigenvalue weighted by Gasteiger charge is -2.26. The summed E-state index contributed by atoms with van der Waals surface area (Å²) in [7, 11) is 0. The van der Waals surface area contributed by atoms with Crippen LogP contribution in [-0.4, -0.2) is 23.9 Å². The standard InChI is InChI=1S/C15H15BrN2O/c16-14-6-4-12(5-7-14)10-13(11-17)15(19)18-8-2-1-3-9-18/h4-7,10H,1-3,8-9H2. The molecule has 0 unspecified atom stereocenters. The van der Waals surface area contributed by atoms with Crippen molar-refractivity contribution in [3.05, 3.63) is 39.9 Å². The highest BCUT2D eigenvalue weighted by Gasteiger charge is 2.19. The topological polar surface area (TPSA) is 44.1 Å². The monoisotopic (exact) mass is 318 g/mol. The fraction of sp³-hybridized carbons (Fsp3) is 0.333. The van der Waals surface area contributed by atoms with Gasteiger partial charge in [0, 0.05) is 17.6 Å². The highest BCUT2D eigenvalue weighted by atomic mass is 79.9. The molecular formula is C15H15BrN2O. The molecule has 0 aromatic heterocycles. The van der Waals surface area contributed by atoms with Gasteiger partial charge in [-0.2, -0.15) is 5.26 Å². The van der Waals surface area contributed by atoms with Crippen molar-refractivity contribution in [2.24, 2.45) is 0 Å². The van der Waals surface area contributed by atoms with Gasteiger partial charge in [-0.15, -0.1) is 0 Å². The summed E-state index contributed by atoms with van der Waals surface area (Å²) in [4.78, 5) is 14.0. The molecule has 2 rings (SSSR count). The van der Waals surface area contributed by atoms with E-state index < -0.39 is 0 Å². The number of halogens is 1. The third-order valence-electron chi connectivity index (χ3n) is 3.18. The minimum Gasteiger partial charge on any atom is -0.338 e. The maximum Gasteiger partial charge on any atom is 0.264 e. The van der Waals surface area contributed by atoms with E-state index in [2.05, 4.69) is 15.9 Å². The van der Waals surface area contributed by atoms with Crippen molar-refractivity contribution in [2.75, 3.05) is 13.1 Å². The minimum absolute atomic E-state index is 0.148. The molecule has 0 bridgehead atoms. The second-order valence-corrected chi connectivity index (χ2v) is 5.49. The highest BCUT2D eigenvalue weighted by Crippen LogP contribution is 2.16. The molecule has 0 atom stereocenters. The molecule has 1 heterocycles. The van der Waals surface area contributed by atoms with E-state index in [0.717, 1.165) is 36.0 Å². The second kappa shape index (κ2) is 6.53. The molecule has 1 aromatic rings. The maximum absolute atomic E-state index is 12.2. The summed E-state index contributed by atoms with van der Waals surface area (Å²) in [6, 6.07) is 9.57. The average Bonchev–Trinajstić information content (AvgIpc) is 2.47. The van der Waals surface area contributed by atoms with E-state index in [0.29, 0.717) is 0 Å². The number of amides is 1. The fourth-order valence-corrected chi connectivity index (χ4v) is 2.40. The van der Waals surface area contributed by atoms with Crippen LogP contribution in [-0.2, 0) is 4.79 Å². The predicted molar refractivity (Wildman–Crippen MR) is 78.2 cm³/mol. The molecule has 19 heavy (non-hydrogen) atoms. The van der Waals surface area contributed by atoms with Crippen molar-refractivity contribution in [1.82, 2.24) is 4.90 Å². The number of hydrogen-bond acceptors (Lipinski definition) is 2. The van der Waals surface area contributed by atoms with Gasteiger partial charge in [0.05, 0.1) is 0 Å². The zero-order valence-corrected chi connectivity index (χ0v) is 12.2. The molecule has 4 heteroatoms. The molecule has 1 aromatic carbocycles. The van der Waals surface area contributed by atoms with Gasteiger partial charge in [0.15, 0.2) is 0 Å². The molecule has 1 aliphatic heterocycles. The average molecular weight is 319 g/mol. The molecule has 0 aliphatic carbocycles. The summed E-state index contributed by atoms with van der Waals surface area (Å²) < 4.78 is 0.977. The van der Waals surface area contributed by atoms with Crippen molar-refractivity contribution in [1.29, 1.82) is 5.26 Å². The van der Waals surface area contributed by atoms with Crippen LogP contribution in [0, 0.1) is 11.3 Å². The first-order valence-electron chi connectivity index (χ1n) is 6.37. The minimum atomic E-state index is -0.148. The first-order chi connectivity index (χ1) is 9.20. The Morgan fingerprint density at radius 1 is 1.21 bits per heavy atom. The number of carbonyl (C=O) groups is 1. The van der Waals surface area contributed by atoms with Crippen LogP contribution >= 0.6 is 15.9 Å². The number of carbonyl (C=O) groups excluding carboxylic acids is 1. The number of hydrogen-bond donors (Lipinski definition) is 0. The van der Waals surface area contributed by atoms with Crippen LogP contribution in [0.3, 0.4) is 0 Å². The van der Waals surface area contributed by atoms with Crippen molar-refractivity contribution in [3.63, 3.8) is 0 Å². The molecule has 0 spiro atoms. The lowest BCUT2D eigenvalue weighted by atomic mass is 10.1. The number of piperidine rings is 1. The van der Waals surface area contributed by atoms with Crippen molar-refractivity contribution in [2.45, 2.75) is 19.3 Å². The van der Waals surface area contributed by atoms with Gasteiger partial charge >= 0.3 is 0 Å². The summed E-state index contributed by atoms with van der Waals surface area (Å²) in [5.41, 5.74) is 1.08. The van der Waals surface area contributed by atoms with Gasteiger partial charge in [-0.3, -0.25) is 4.79 Å². The second-order valence-electron chi connectivity index (χ2n) is 4.57. The van der Waals surface area contributed by atoms with Gasteiger partial charge in [0.2, 0.25) is 0 Å². The van der Waals surface area contributed by atoms with E-state index >= 15 is 0 Å². The molecule has 0 radical (unpaired) electrons. The normalized spacial score (nSPS) is 16.0. The highest BCUT2D eigenvalue weighted by molar-refractivity contribution is 9.10. The van der Waals surface area contributed by atoms with Gasteiger partial charge < -0.3 is 4.90 Å². The van der Waals surface area contributed by atoms with Crippen LogP contribution in [0.5, 0.6) is 0 Å². The number of likely N-dealkylation sites (tertiary alicyclic amines) is 1. The Balaban J connectivity index is 2.17. The van der Waals surface area contributed by atoms with E-state index in [1.807, 2.05) is 30.3 Å². The van der Waals surface area contributed by atoms with E-state index in [4.69, 9.17) is 5.26 Å². The molecule has 3 nitrogen and oxygen atoms in total. The summed E-state index contributed by atoms with van der Waals surface area (Å²) in [5.74, 6) is -0.148. The smallest absolute Gasteiger partial charge is 0.264 e. The van der Waals surface area contributed by atoms with Crippen molar-refractivity contribution in [3.8, 4) is 6.07 Å². The molecule has 1 fully saturated rings. The number of benzene rings is 1. The number of nitrogens with zero attached hydrogens (tertiary/aromatic N) is 2. The first kappa shape index (κ1) is 13.8. The molecule has 0 saturated carbocycles. The van der Waals surface area contributed by atoms with E-state index in [1.165, 1.54) is 6.42 Å². The van der Waals surface area contributed by atoms with Crippen LogP contribution in [0.1, 0.15) is 24.8 Å². The Labute approximate surface area is 121 Å². The molecule has 1 aliphatic rings. The molecule has 1 saturated heterocycles. The van der Waals surface area contributed by atoms with Gasteiger partial charge in [0.25, 0.3) is 5.91 Å². The molecular weight excluding hydrogens is 304 g/mol. The Morgan fingerprint density at radius 3 is 2.42 bits per heavy atom. The maximum atomic E-state index is 12.2. The third kappa shape index (κ3) is 3.68. The van der Waals surface area contributed by atoms with Crippen LogP contribution in [0.25, 0.3) is 6.08 Å². The number of nitriles is 1. The lowest BCUT2D eigenvalue weighted by molar-refractivity contribution is -0.127. The zero-order chi connectivity index (χ0) is 13.7. The van der Waals surface area contributed by atoms with Gasteiger partial charge in [-0.25, -0.2) is 0 Å².